The predicted octanol–water partition coefficient (Wildman–Crippen LogP) is 4.54. The Bertz CT molecular complexity index is 749. The van der Waals surface area contributed by atoms with Gasteiger partial charge in [-0.15, -0.1) is 0 Å². The summed E-state index contributed by atoms with van der Waals surface area (Å²) in [5.74, 6) is 0.861. The highest BCUT2D eigenvalue weighted by molar-refractivity contribution is 5.44. The van der Waals surface area contributed by atoms with Gasteiger partial charge in [0.05, 0.1) is 30.7 Å². The van der Waals surface area contributed by atoms with Crippen LogP contribution in [0.4, 0.5) is 0 Å². The number of methoxy groups -OCH3 is 1. The Morgan fingerprint density at radius 2 is 1.74 bits per heavy atom. The third-order valence-corrected chi connectivity index (χ3v) is 3.97. The Kier molecular flexibility index (Phi) is 5.39. The van der Waals surface area contributed by atoms with Crippen LogP contribution in [-0.4, -0.2) is 7.11 Å². The molecule has 3 nitrogen and oxygen atoms in total. The van der Waals surface area contributed by atoms with Crippen molar-refractivity contribution < 1.29 is 4.74 Å². The quantitative estimate of drug-likeness (QED) is 0.814. The molecule has 0 aromatic heterocycles. The molecule has 0 radical (unpaired) electrons. The summed E-state index contributed by atoms with van der Waals surface area (Å²) in [6.45, 7) is 4.27. The number of hydrogen-bond acceptors (Lipinski definition) is 3. The Balaban J connectivity index is 2.34. The summed E-state index contributed by atoms with van der Waals surface area (Å²) in [6, 6.07) is 17.9. The Morgan fingerprint density at radius 1 is 1.04 bits per heavy atom. The lowest BCUT2D eigenvalue weighted by atomic mass is 9.89. The van der Waals surface area contributed by atoms with Crippen molar-refractivity contribution in [2.75, 3.05) is 7.11 Å². The molecule has 23 heavy (non-hydrogen) atoms. The molecule has 0 saturated carbocycles. The molecule has 0 amide bonds. The van der Waals surface area contributed by atoms with Gasteiger partial charge in [0.2, 0.25) is 0 Å². The molecule has 0 aliphatic carbocycles. The van der Waals surface area contributed by atoms with Crippen molar-refractivity contribution in [2.45, 2.75) is 32.1 Å². The molecule has 0 aliphatic heterocycles. The zero-order chi connectivity index (χ0) is 16.8. The SMILES string of the molecule is COc1ccc(C(C)C)cc1C(C#N)Cc1ccc(C#N)cc1. The molecule has 0 spiro atoms. The average Bonchev–Trinajstić information content (AvgIpc) is 2.59. The molecule has 0 heterocycles. The van der Waals surface area contributed by atoms with Gasteiger partial charge >= 0.3 is 0 Å². The van der Waals surface area contributed by atoms with Gasteiger partial charge in [-0.1, -0.05) is 38.1 Å². The van der Waals surface area contributed by atoms with Crippen LogP contribution >= 0.6 is 0 Å². The van der Waals surface area contributed by atoms with Gasteiger partial charge in [0.15, 0.2) is 0 Å². The topological polar surface area (TPSA) is 56.8 Å². The van der Waals surface area contributed by atoms with Crippen LogP contribution in [0.15, 0.2) is 42.5 Å². The average molecular weight is 304 g/mol. The first-order chi connectivity index (χ1) is 11.1. The lowest BCUT2D eigenvalue weighted by Crippen LogP contribution is -2.04. The molecule has 2 aromatic carbocycles. The van der Waals surface area contributed by atoms with E-state index in [1.54, 1.807) is 19.2 Å². The molecule has 116 valence electrons. The number of nitrogens with zero attached hydrogens (tertiary/aromatic N) is 2. The molecule has 0 N–H and O–H groups in total. The van der Waals surface area contributed by atoms with Crippen LogP contribution < -0.4 is 4.74 Å². The molecular formula is C20H20N2O. The first-order valence-electron chi connectivity index (χ1n) is 7.65. The van der Waals surface area contributed by atoms with Crippen molar-refractivity contribution >= 4 is 0 Å². The fraction of sp³-hybridized carbons (Fsp3) is 0.300. The van der Waals surface area contributed by atoms with Crippen molar-refractivity contribution in [3.8, 4) is 17.9 Å². The third kappa shape index (κ3) is 3.90. The lowest BCUT2D eigenvalue weighted by Gasteiger charge is -2.17. The Labute approximate surface area is 137 Å². The van der Waals surface area contributed by atoms with Crippen molar-refractivity contribution in [3.05, 3.63) is 64.7 Å². The van der Waals surface area contributed by atoms with Crippen LogP contribution in [0.25, 0.3) is 0 Å². The Morgan fingerprint density at radius 3 is 2.26 bits per heavy atom. The summed E-state index contributed by atoms with van der Waals surface area (Å²) in [5, 5.41) is 18.5. The zero-order valence-corrected chi connectivity index (χ0v) is 13.7. The summed E-state index contributed by atoms with van der Waals surface area (Å²) in [7, 11) is 1.63. The maximum absolute atomic E-state index is 9.63. The number of benzene rings is 2. The van der Waals surface area contributed by atoms with Crippen molar-refractivity contribution in [2.24, 2.45) is 0 Å². The standard InChI is InChI=1S/C20H20N2O/c1-14(2)17-8-9-20(23-3)19(11-17)18(13-22)10-15-4-6-16(12-21)7-5-15/h4-9,11,14,18H,10H2,1-3H3. The second-order valence-electron chi connectivity index (χ2n) is 5.85. The fourth-order valence-corrected chi connectivity index (χ4v) is 2.56. The van der Waals surface area contributed by atoms with Gasteiger partial charge in [0.1, 0.15) is 5.75 Å². The van der Waals surface area contributed by atoms with Crippen LogP contribution in [0.2, 0.25) is 0 Å². The van der Waals surface area contributed by atoms with Crippen LogP contribution in [0.1, 0.15) is 47.9 Å². The molecule has 2 aromatic rings. The number of hydrogen-bond donors (Lipinski definition) is 0. The highest BCUT2D eigenvalue weighted by atomic mass is 16.5. The van der Waals surface area contributed by atoms with Gasteiger partial charge < -0.3 is 4.74 Å². The second-order valence-corrected chi connectivity index (χ2v) is 5.85. The normalized spacial score (nSPS) is 11.6. The van der Waals surface area contributed by atoms with E-state index < -0.39 is 0 Å². The van der Waals surface area contributed by atoms with E-state index >= 15 is 0 Å². The van der Waals surface area contributed by atoms with E-state index in [-0.39, 0.29) is 5.92 Å². The predicted molar refractivity (Wildman–Crippen MR) is 90.3 cm³/mol. The van der Waals surface area contributed by atoms with Crippen molar-refractivity contribution in [1.82, 2.24) is 0 Å². The molecule has 0 saturated heterocycles. The molecule has 0 fully saturated rings. The zero-order valence-electron chi connectivity index (χ0n) is 13.7. The van der Waals surface area contributed by atoms with Crippen LogP contribution in [0, 0.1) is 22.7 Å². The van der Waals surface area contributed by atoms with Crippen molar-refractivity contribution in [3.63, 3.8) is 0 Å². The third-order valence-electron chi connectivity index (χ3n) is 3.97. The molecule has 0 bridgehead atoms. The summed E-state index contributed by atoms with van der Waals surface area (Å²) in [5.41, 5.74) is 3.78. The van der Waals surface area contributed by atoms with Gasteiger partial charge in [-0.2, -0.15) is 10.5 Å². The highest BCUT2D eigenvalue weighted by Gasteiger charge is 2.18. The van der Waals surface area contributed by atoms with Gasteiger partial charge in [0, 0.05) is 5.56 Å². The summed E-state index contributed by atoms with van der Waals surface area (Å²) < 4.78 is 5.44. The number of nitriles is 2. The van der Waals surface area contributed by atoms with Gasteiger partial charge in [-0.25, -0.2) is 0 Å². The van der Waals surface area contributed by atoms with E-state index in [0.717, 1.165) is 16.9 Å². The molecule has 2 rings (SSSR count). The monoisotopic (exact) mass is 304 g/mol. The van der Waals surface area contributed by atoms with Gasteiger partial charge in [-0.05, 0) is 41.7 Å². The van der Waals surface area contributed by atoms with E-state index in [0.29, 0.717) is 17.9 Å². The first-order valence-corrected chi connectivity index (χ1v) is 7.65. The number of rotatable bonds is 5. The summed E-state index contributed by atoms with van der Waals surface area (Å²) >= 11 is 0. The summed E-state index contributed by atoms with van der Waals surface area (Å²) in [6.07, 6.45) is 0.597. The van der Waals surface area contributed by atoms with Crippen LogP contribution in [0.3, 0.4) is 0 Å². The molecular weight excluding hydrogens is 284 g/mol. The molecule has 0 aliphatic rings. The van der Waals surface area contributed by atoms with Crippen molar-refractivity contribution in [1.29, 1.82) is 10.5 Å². The maximum Gasteiger partial charge on any atom is 0.123 e. The van der Waals surface area contributed by atoms with E-state index in [1.807, 2.05) is 24.3 Å². The van der Waals surface area contributed by atoms with E-state index in [2.05, 4.69) is 32.1 Å². The summed E-state index contributed by atoms with van der Waals surface area (Å²) in [4.78, 5) is 0. The molecule has 1 unspecified atom stereocenters. The highest BCUT2D eigenvalue weighted by Crippen LogP contribution is 2.32. The lowest BCUT2D eigenvalue weighted by molar-refractivity contribution is 0.407. The van der Waals surface area contributed by atoms with E-state index in [1.165, 1.54) is 5.56 Å². The number of ether oxygens (including phenoxy) is 1. The Hall–Kier alpha value is -2.78. The maximum atomic E-state index is 9.63. The van der Waals surface area contributed by atoms with Crippen LogP contribution in [-0.2, 0) is 6.42 Å². The minimum absolute atomic E-state index is 0.281. The minimum Gasteiger partial charge on any atom is -0.496 e. The fourth-order valence-electron chi connectivity index (χ4n) is 2.56. The second kappa shape index (κ2) is 7.47. The van der Waals surface area contributed by atoms with E-state index in [9.17, 15) is 5.26 Å². The molecule has 3 heteroatoms. The van der Waals surface area contributed by atoms with E-state index in [4.69, 9.17) is 10.00 Å². The molecule has 1 atom stereocenters. The largest absolute Gasteiger partial charge is 0.496 e. The van der Waals surface area contributed by atoms with Gasteiger partial charge in [0.25, 0.3) is 0 Å². The smallest absolute Gasteiger partial charge is 0.123 e. The van der Waals surface area contributed by atoms with Gasteiger partial charge in [-0.3, -0.25) is 0 Å². The van der Waals surface area contributed by atoms with Crippen LogP contribution in [0.5, 0.6) is 5.75 Å². The minimum atomic E-state index is -0.281. The first kappa shape index (κ1) is 16.6.